The average molecular weight is 412 g/mol. The first-order valence-corrected chi connectivity index (χ1v) is 8.31. The van der Waals surface area contributed by atoms with Gasteiger partial charge >= 0.3 is 6.61 Å². The Kier molecular flexibility index (Phi) is 6.10. The quantitative estimate of drug-likeness (QED) is 0.557. The summed E-state index contributed by atoms with van der Waals surface area (Å²) in [6.07, 6.45) is 0. The predicted molar refractivity (Wildman–Crippen MR) is 95.5 cm³/mol. The monoisotopic (exact) mass is 411 g/mol. The minimum absolute atomic E-state index is 0.0607. The molecule has 0 bridgehead atoms. The molecule has 0 radical (unpaired) electrons. The van der Waals surface area contributed by atoms with Crippen molar-refractivity contribution in [2.75, 3.05) is 5.32 Å². The van der Waals surface area contributed by atoms with E-state index in [0.717, 1.165) is 18.2 Å². The number of anilines is 1. The van der Waals surface area contributed by atoms with Crippen LogP contribution in [-0.2, 0) is 6.61 Å². The van der Waals surface area contributed by atoms with E-state index in [-0.39, 0.29) is 18.1 Å². The minimum atomic E-state index is -3.17. The normalized spacial score (nSPS) is 10.8. The van der Waals surface area contributed by atoms with Crippen LogP contribution >= 0.6 is 11.6 Å². The van der Waals surface area contributed by atoms with Gasteiger partial charge in [-0.05, 0) is 48.5 Å². The van der Waals surface area contributed by atoms with Crippen molar-refractivity contribution in [1.82, 2.24) is 0 Å². The second-order valence-electron chi connectivity index (χ2n) is 5.48. The van der Waals surface area contributed by atoms with Gasteiger partial charge in [0.1, 0.15) is 23.9 Å². The zero-order chi connectivity index (χ0) is 20.1. The highest BCUT2D eigenvalue weighted by Crippen LogP contribution is 2.28. The molecular formula is C19H13ClF3NO4. The minimum Gasteiger partial charge on any atom is -0.486 e. The van der Waals surface area contributed by atoms with Crippen LogP contribution in [0.2, 0.25) is 5.02 Å². The number of carbonyl (C=O) groups is 1. The summed E-state index contributed by atoms with van der Waals surface area (Å²) >= 11 is 5.79. The first-order valence-electron chi connectivity index (χ1n) is 7.93. The summed E-state index contributed by atoms with van der Waals surface area (Å²) in [6.45, 7) is -3.11. The van der Waals surface area contributed by atoms with Crippen molar-refractivity contribution in [3.05, 3.63) is 77.0 Å². The third kappa shape index (κ3) is 5.20. The van der Waals surface area contributed by atoms with Crippen LogP contribution in [0.4, 0.5) is 18.9 Å². The largest absolute Gasteiger partial charge is 0.486 e. The van der Waals surface area contributed by atoms with Crippen LogP contribution in [0.25, 0.3) is 0 Å². The van der Waals surface area contributed by atoms with Gasteiger partial charge in [-0.3, -0.25) is 4.79 Å². The van der Waals surface area contributed by atoms with Crippen molar-refractivity contribution >= 4 is 23.2 Å². The van der Waals surface area contributed by atoms with E-state index in [9.17, 15) is 18.0 Å². The summed E-state index contributed by atoms with van der Waals surface area (Å²) in [4.78, 5) is 12.3. The van der Waals surface area contributed by atoms with Gasteiger partial charge in [0.15, 0.2) is 11.5 Å². The van der Waals surface area contributed by atoms with Gasteiger partial charge < -0.3 is 19.2 Å². The van der Waals surface area contributed by atoms with Gasteiger partial charge in [0.2, 0.25) is 0 Å². The number of furan rings is 1. The van der Waals surface area contributed by atoms with Crippen molar-refractivity contribution < 1.29 is 31.9 Å². The Morgan fingerprint density at radius 1 is 1.11 bits per heavy atom. The third-order valence-electron chi connectivity index (χ3n) is 3.49. The Labute approximate surface area is 162 Å². The summed E-state index contributed by atoms with van der Waals surface area (Å²) in [5, 5.41) is 2.91. The van der Waals surface area contributed by atoms with Gasteiger partial charge in [-0.1, -0.05) is 11.6 Å². The highest BCUT2D eigenvalue weighted by Gasteiger charge is 2.17. The Morgan fingerprint density at radius 3 is 2.57 bits per heavy atom. The zero-order valence-electron chi connectivity index (χ0n) is 14.1. The van der Waals surface area contributed by atoms with Gasteiger partial charge in [0.05, 0.1) is 5.69 Å². The second-order valence-corrected chi connectivity index (χ2v) is 5.92. The molecule has 3 rings (SSSR count). The van der Waals surface area contributed by atoms with E-state index in [2.05, 4.69) is 10.1 Å². The topological polar surface area (TPSA) is 60.7 Å². The molecule has 28 heavy (non-hydrogen) atoms. The molecule has 1 aromatic heterocycles. The van der Waals surface area contributed by atoms with Gasteiger partial charge in [-0.25, -0.2) is 4.39 Å². The van der Waals surface area contributed by atoms with Crippen molar-refractivity contribution in [3.63, 3.8) is 0 Å². The lowest BCUT2D eigenvalue weighted by atomic mass is 10.2. The first kappa shape index (κ1) is 19.6. The standard InChI is InChI=1S/C19H13ClF3NO4/c20-11-1-4-13(5-2-11)26-10-14-6-8-16(27-14)18(25)24-15-7-3-12(21)9-17(15)28-19(22)23/h1-9,19H,10H2,(H,24,25). The van der Waals surface area contributed by atoms with E-state index in [1.807, 2.05) is 0 Å². The third-order valence-corrected chi connectivity index (χ3v) is 3.74. The molecule has 0 aliphatic heterocycles. The van der Waals surface area contributed by atoms with Gasteiger partial charge in [-0.2, -0.15) is 8.78 Å². The number of hydrogen-bond acceptors (Lipinski definition) is 4. The highest BCUT2D eigenvalue weighted by atomic mass is 35.5. The maximum atomic E-state index is 13.2. The SMILES string of the molecule is O=C(Nc1ccc(F)cc1OC(F)F)c1ccc(COc2ccc(Cl)cc2)o1. The summed E-state index contributed by atoms with van der Waals surface area (Å²) in [6, 6.07) is 12.5. The van der Waals surface area contributed by atoms with Crippen molar-refractivity contribution in [3.8, 4) is 11.5 Å². The molecule has 0 fully saturated rings. The Morgan fingerprint density at radius 2 is 1.86 bits per heavy atom. The number of nitrogens with one attached hydrogen (secondary N) is 1. The van der Waals surface area contributed by atoms with Crippen molar-refractivity contribution in [2.45, 2.75) is 13.2 Å². The lowest BCUT2D eigenvalue weighted by molar-refractivity contribution is -0.0495. The molecule has 1 heterocycles. The molecule has 0 spiro atoms. The summed E-state index contributed by atoms with van der Waals surface area (Å²) in [5.41, 5.74) is -0.123. The Balaban J connectivity index is 1.65. The number of halogens is 4. The number of carbonyl (C=O) groups excluding carboxylic acids is 1. The number of amides is 1. The Hall–Kier alpha value is -3.13. The molecule has 2 aromatic carbocycles. The lowest BCUT2D eigenvalue weighted by Crippen LogP contribution is -2.13. The zero-order valence-corrected chi connectivity index (χ0v) is 14.9. The molecule has 146 valence electrons. The van der Waals surface area contributed by atoms with Crippen LogP contribution in [0.5, 0.6) is 11.5 Å². The van der Waals surface area contributed by atoms with E-state index < -0.39 is 24.1 Å². The van der Waals surface area contributed by atoms with Crippen LogP contribution < -0.4 is 14.8 Å². The van der Waals surface area contributed by atoms with E-state index in [4.69, 9.17) is 20.8 Å². The van der Waals surface area contributed by atoms with Crippen LogP contribution in [0, 0.1) is 5.82 Å². The molecule has 9 heteroatoms. The van der Waals surface area contributed by atoms with Crippen LogP contribution in [0.15, 0.2) is 59.0 Å². The molecule has 5 nitrogen and oxygen atoms in total. The molecule has 0 aliphatic carbocycles. The van der Waals surface area contributed by atoms with Crippen molar-refractivity contribution in [1.29, 1.82) is 0 Å². The van der Waals surface area contributed by atoms with Gasteiger partial charge in [0.25, 0.3) is 5.91 Å². The fourth-order valence-electron chi connectivity index (χ4n) is 2.24. The van der Waals surface area contributed by atoms with Crippen molar-refractivity contribution in [2.24, 2.45) is 0 Å². The molecule has 0 aliphatic rings. The lowest BCUT2D eigenvalue weighted by Gasteiger charge is -2.11. The maximum Gasteiger partial charge on any atom is 0.387 e. The Bertz CT molecular complexity index is 960. The van der Waals surface area contributed by atoms with E-state index >= 15 is 0 Å². The smallest absolute Gasteiger partial charge is 0.387 e. The molecule has 1 N–H and O–H groups in total. The summed E-state index contributed by atoms with van der Waals surface area (Å²) in [5.74, 6) is -1.16. The first-order chi connectivity index (χ1) is 13.4. The molecule has 3 aromatic rings. The molecule has 1 amide bonds. The molecular weight excluding hydrogens is 399 g/mol. The average Bonchev–Trinajstić information content (AvgIpc) is 3.12. The maximum absolute atomic E-state index is 13.2. The molecule has 0 saturated heterocycles. The van der Waals surface area contributed by atoms with Crippen LogP contribution in [-0.4, -0.2) is 12.5 Å². The molecule has 0 atom stereocenters. The molecule has 0 saturated carbocycles. The van der Waals surface area contributed by atoms with Crippen LogP contribution in [0.1, 0.15) is 16.3 Å². The fraction of sp³-hybridized carbons (Fsp3) is 0.105. The highest BCUT2D eigenvalue weighted by molar-refractivity contribution is 6.30. The van der Waals surface area contributed by atoms with E-state index in [1.165, 1.54) is 12.1 Å². The second kappa shape index (κ2) is 8.71. The number of rotatable bonds is 7. The number of hydrogen-bond donors (Lipinski definition) is 1. The number of ether oxygens (including phenoxy) is 2. The van der Waals surface area contributed by atoms with Gasteiger partial charge in [0, 0.05) is 11.1 Å². The number of alkyl halides is 2. The molecule has 0 unspecified atom stereocenters. The summed E-state index contributed by atoms with van der Waals surface area (Å²) in [7, 11) is 0. The van der Waals surface area contributed by atoms with E-state index in [0.29, 0.717) is 16.5 Å². The van der Waals surface area contributed by atoms with E-state index in [1.54, 1.807) is 24.3 Å². The van der Waals surface area contributed by atoms with Gasteiger partial charge in [-0.15, -0.1) is 0 Å². The summed E-state index contributed by atoms with van der Waals surface area (Å²) < 4.78 is 53.2. The fourth-order valence-corrected chi connectivity index (χ4v) is 2.37. The predicted octanol–water partition coefficient (Wildman–Crippen LogP) is 5.50. The van der Waals surface area contributed by atoms with Crippen LogP contribution in [0.3, 0.4) is 0 Å². The number of benzene rings is 2.